The third kappa shape index (κ3) is 4.85. The number of nitrogens with one attached hydrogen (secondary N) is 1. The van der Waals surface area contributed by atoms with E-state index >= 15 is 0 Å². The summed E-state index contributed by atoms with van der Waals surface area (Å²) in [6.45, 7) is 5.03. The van der Waals surface area contributed by atoms with Crippen molar-refractivity contribution in [2.24, 2.45) is 5.10 Å². The normalized spacial score (nSPS) is 11.9. The van der Waals surface area contributed by atoms with Crippen molar-refractivity contribution in [3.8, 4) is 0 Å². The fraction of sp³-hybridized carbons (Fsp3) is 0.353. The lowest BCUT2D eigenvalue weighted by Crippen LogP contribution is -2.08. The average Bonchev–Trinajstić information content (AvgIpc) is 2.86. The number of nitro benzene ring substituents is 1. The molecule has 0 amide bonds. The van der Waals surface area contributed by atoms with Crippen LogP contribution < -0.4 is 5.43 Å². The highest BCUT2D eigenvalue weighted by Crippen LogP contribution is 2.34. The van der Waals surface area contributed by atoms with Gasteiger partial charge in [-0.05, 0) is 32.0 Å². The maximum Gasteiger partial charge on any atom is 0.416 e. The summed E-state index contributed by atoms with van der Waals surface area (Å²) in [6.07, 6.45) is -3.20. The fourth-order valence-electron chi connectivity index (χ4n) is 2.61. The highest BCUT2D eigenvalue weighted by molar-refractivity contribution is 5.82. The van der Waals surface area contributed by atoms with Crippen LogP contribution in [0.3, 0.4) is 0 Å². The molecule has 146 valence electrons. The van der Waals surface area contributed by atoms with Crippen LogP contribution in [0.15, 0.2) is 29.4 Å². The van der Waals surface area contributed by atoms with E-state index in [-0.39, 0.29) is 5.69 Å². The first-order chi connectivity index (χ1) is 12.6. The minimum Gasteiger partial charge on any atom is -0.383 e. The van der Waals surface area contributed by atoms with Gasteiger partial charge in [-0.3, -0.25) is 15.5 Å². The second kappa shape index (κ2) is 8.21. The van der Waals surface area contributed by atoms with E-state index in [1.54, 1.807) is 7.11 Å². The van der Waals surface area contributed by atoms with Gasteiger partial charge in [0.2, 0.25) is 0 Å². The third-order valence-electron chi connectivity index (χ3n) is 4.04. The van der Waals surface area contributed by atoms with Crippen LogP contribution >= 0.6 is 0 Å². The number of alkyl halides is 3. The summed E-state index contributed by atoms with van der Waals surface area (Å²) in [5.41, 5.74) is 3.23. The number of anilines is 1. The van der Waals surface area contributed by atoms with Crippen LogP contribution in [0.5, 0.6) is 0 Å². The van der Waals surface area contributed by atoms with E-state index in [0.29, 0.717) is 19.2 Å². The third-order valence-corrected chi connectivity index (χ3v) is 4.04. The van der Waals surface area contributed by atoms with Gasteiger partial charge in [-0.25, -0.2) is 0 Å². The number of methoxy groups -OCH3 is 1. The Morgan fingerprint density at radius 2 is 2.04 bits per heavy atom. The van der Waals surface area contributed by atoms with E-state index in [2.05, 4.69) is 10.5 Å². The van der Waals surface area contributed by atoms with Gasteiger partial charge < -0.3 is 9.30 Å². The van der Waals surface area contributed by atoms with Gasteiger partial charge in [0, 0.05) is 36.7 Å². The predicted octanol–water partition coefficient (Wildman–Crippen LogP) is 4.12. The Labute approximate surface area is 153 Å². The number of aryl methyl sites for hydroxylation is 1. The molecular weight excluding hydrogens is 365 g/mol. The first-order valence-corrected chi connectivity index (χ1v) is 7.95. The molecule has 0 atom stereocenters. The van der Waals surface area contributed by atoms with Crippen LogP contribution in [0.2, 0.25) is 0 Å². The zero-order chi connectivity index (χ0) is 20.2. The SMILES string of the molecule is COCCn1c(C)cc(/C=N/Nc2ccc(C(F)(F)F)cc2[N+](=O)[O-])c1C. The average molecular weight is 384 g/mol. The Morgan fingerprint density at radius 1 is 1.33 bits per heavy atom. The molecule has 1 aromatic heterocycles. The lowest BCUT2D eigenvalue weighted by Gasteiger charge is -2.08. The molecule has 0 fully saturated rings. The van der Waals surface area contributed by atoms with Crippen molar-refractivity contribution in [2.45, 2.75) is 26.6 Å². The van der Waals surface area contributed by atoms with Gasteiger partial charge in [0.1, 0.15) is 5.69 Å². The molecule has 0 bridgehead atoms. The molecule has 10 heteroatoms. The molecule has 0 saturated carbocycles. The van der Waals surface area contributed by atoms with E-state index in [9.17, 15) is 23.3 Å². The largest absolute Gasteiger partial charge is 0.416 e. The van der Waals surface area contributed by atoms with Crippen molar-refractivity contribution in [3.05, 3.63) is 56.9 Å². The Hall–Kier alpha value is -2.88. The Balaban J connectivity index is 2.22. The molecule has 0 aliphatic heterocycles. The van der Waals surface area contributed by atoms with Crippen LogP contribution in [0.1, 0.15) is 22.5 Å². The number of ether oxygens (including phenoxy) is 1. The number of nitrogens with zero attached hydrogens (tertiary/aromatic N) is 3. The zero-order valence-corrected chi connectivity index (χ0v) is 15.0. The summed E-state index contributed by atoms with van der Waals surface area (Å²) in [5.74, 6) is 0. The van der Waals surface area contributed by atoms with Crippen LogP contribution in [-0.4, -0.2) is 29.4 Å². The summed E-state index contributed by atoms with van der Waals surface area (Å²) < 4.78 is 45.3. The fourth-order valence-corrected chi connectivity index (χ4v) is 2.61. The topological polar surface area (TPSA) is 81.7 Å². The highest BCUT2D eigenvalue weighted by atomic mass is 19.4. The van der Waals surface area contributed by atoms with E-state index in [4.69, 9.17) is 4.74 Å². The standard InChI is InChI=1S/C17H19F3N4O3/c1-11-8-13(12(2)23(11)6-7-27-3)10-21-22-15-5-4-14(17(18,19)20)9-16(15)24(25)26/h4-5,8-10,22H,6-7H2,1-3H3/b21-10+. The second-order valence-electron chi connectivity index (χ2n) is 5.83. The molecule has 1 aromatic carbocycles. The zero-order valence-electron chi connectivity index (χ0n) is 15.0. The van der Waals surface area contributed by atoms with Crippen molar-refractivity contribution >= 4 is 17.6 Å². The molecular formula is C17H19F3N4O3. The van der Waals surface area contributed by atoms with Crippen LogP contribution in [0.25, 0.3) is 0 Å². The summed E-state index contributed by atoms with van der Waals surface area (Å²) in [5, 5.41) is 15.0. The number of hydrazone groups is 1. The monoisotopic (exact) mass is 384 g/mol. The number of hydrogen-bond donors (Lipinski definition) is 1. The lowest BCUT2D eigenvalue weighted by atomic mass is 10.1. The minimum atomic E-state index is -4.66. The maximum absolute atomic E-state index is 12.7. The number of halogens is 3. The molecule has 1 N–H and O–H groups in total. The van der Waals surface area contributed by atoms with Crippen LogP contribution in [0.4, 0.5) is 24.5 Å². The quantitative estimate of drug-likeness (QED) is 0.442. The molecule has 27 heavy (non-hydrogen) atoms. The molecule has 7 nitrogen and oxygen atoms in total. The molecule has 0 radical (unpaired) electrons. The first kappa shape index (κ1) is 20.4. The van der Waals surface area contributed by atoms with Crippen LogP contribution in [0, 0.1) is 24.0 Å². The van der Waals surface area contributed by atoms with Crippen molar-refractivity contribution in [1.29, 1.82) is 0 Å². The van der Waals surface area contributed by atoms with Crippen molar-refractivity contribution in [3.63, 3.8) is 0 Å². The van der Waals surface area contributed by atoms with Gasteiger partial charge in [0.25, 0.3) is 5.69 Å². The van der Waals surface area contributed by atoms with E-state index in [1.165, 1.54) is 6.21 Å². The van der Waals surface area contributed by atoms with Crippen molar-refractivity contribution < 1.29 is 22.8 Å². The van der Waals surface area contributed by atoms with Gasteiger partial charge >= 0.3 is 6.18 Å². The maximum atomic E-state index is 12.7. The smallest absolute Gasteiger partial charge is 0.383 e. The first-order valence-electron chi connectivity index (χ1n) is 7.95. The summed E-state index contributed by atoms with van der Waals surface area (Å²) in [4.78, 5) is 10.2. The van der Waals surface area contributed by atoms with E-state index in [1.807, 2.05) is 24.5 Å². The molecule has 0 spiro atoms. The van der Waals surface area contributed by atoms with Crippen LogP contribution in [-0.2, 0) is 17.5 Å². The van der Waals surface area contributed by atoms with Gasteiger partial charge in [-0.1, -0.05) is 0 Å². The molecule has 1 heterocycles. The molecule has 0 aliphatic carbocycles. The number of rotatable bonds is 7. The van der Waals surface area contributed by atoms with Gasteiger partial charge in [0.15, 0.2) is 0 Å². The van der Waals surface area contributed by atoms with Gasteiger partial charge in [0.05, 0.1) is 23.3 Å². The number of aromatic nitrogens is 1. The molecule has 2 rings (SSSR count). The highest BCUT2D eigenvalue weighted by Gasteiger charge is 2.33. The summed E-state index contributed by atoms with van der Waals surface area (Å²) in [7, 11) is 1.61. The number of benzene rings is 1. The van der Waals surface area contributed by atoms with Gasteiger partial charge in [-0.15, -0.1) is 0 Å². The van der Waals surface area contributed by atoms with Crippen molar-refractivity contribution in [1.82, 2.24) is 4.57 Å². The number of nitro groups is 1. The predicted molar refractivity (Wildman–Crippen MR) is 95.1 cm³/mol. The molecule has 0 unspecified atom stereocenters. The second-order valence-corrected chi connectivity index (χ2v) is 5.83. The minimum absolute atomic E-state index is 0.127. The van der Waals surface area contributed by atoms with Gasteiger partial charge in [-0.2, -0.15) is 18.3 Å². The summed E-state index contributed by atoms with van der Waals surface area (Å²) >= 11 is 0. The summed E-state index contributed by atoms with van der Waals surface area (Å²) in [6, 6.07) is 4.12. The number of hydrogen-bond acceptors (Lipinski definition) is 5. The Bertz CT molecular complexity index is 860. The van der Waals surface area contributed by atoms with Crippen molar-refractivity contribution in [2.75, 3.05) is 19.1 Å². The van der Waals surface area contributed by atoms with E-state index in [0.717, 1.165) is 29.1 Å². The Kier molecular flexibility index (Phi) is 6.21. The molecule has 0 saturated heterocycles. The molecule has 0 aliphatic rings. The Morgan fingerprint density at radius 3 is 2.63 bits per heavy atom. The van der Waals surface area contributed by atoms with E-state index < -0.39 is 22.4 Å². The molecule has 2 aromatic rings. The lowest BCUT2D eigenvalue weighted by molar-refractivity contribution is -0.384.